The normalized spacial score (nSPS) is 12.8. The van der Waals surface area contributed by atoms with Crippen molar-refractivity contribution in [3.63, 3.8) is 0 Å². The zero-order valence-electron chi connectivity index (χ0n) is 11.8. The largest absolute Gasteiger partial charge is 0.354 e. The van der Waals surface area contributed by atoms with Gasteiger partial charge in [0, 0.05) is 13.1 Å². The minimum Gasteiger partial charge on any atom is -0.354 e. The minimum atomic E-state index is -0.0617. The number of carbonyl (C=O) groups excluding carboxylic acids is 1. The average molecular weight is 248 g/mol. The van der Waals surface area contributed by atoms with Crippen LogP contribution in [-0.2, 0) is 4.79 Å². The first-order chi connectivity index (χ1) is 8.52. The third-order valence-electron chi connectivity index (χ3n) is 2.97. The van der Waals surface area contributed by atoms with Crippen LogP contribution in [0.4, 0.5) is 0 Å². The smallest absolute Gasteiger partial charge is 0.227 e. The molecule has 0 spiro atoms. The second-order valence-electron chi connectivity index (χ2n) is 5.23. The van der Waals surface area contributed by atoms with Crippen LogP contribution in [0, 0.1) is 5.92 Å². The van der Waals surface area contributed by atoms with E-state index >= 15 is 0 Å². The second kappa shape index (κ2) is 7.17. The number of carbonyl (C=O) groups is 1. The molecule has 3 heteroatoms. The van der Waals surface area contributed by atoms with Gasteiger partial charge in [-0.15, -0.1) is 0 Å². The van der Waals surface area contributed by atoms with Crippen LogP contribution in [-0.4, -0.2) is 38.0 Å². The monoisotopic (exact) mass is 248 g/mol. The van der Waals surface area contributed by atoms with Crippen molar-refractivity contribution in [1.82, 2.24) is 10.2 Å². The summed E-state index contributed by atoms with van der Waals surface area (Å²) >= 11 is 0. The van der Waals surface area contributed by atoms with Crippen LogP contribution in [0.5, 0.6) is 0 Å². The highest BCUT2D eigenvalue weighted by molar-refractivity contribution is 5.83. The molecule has 1 atom stereocenters. The number of hydrogen-bond acceptors (Lipinski definition) is 2. The minimum absolute atomic E-state index is 0.0617. The van der Waals surface area contributed by atoms with Crippen LogP contribution in [0.3, 0.4) is 0 Å². The van der Waals surface area contributed by atoms with Gasteiger partial charge in [0.05, 0.1) is 5.92 Å². The van der Waals surface area contributed by atoms with Crippen molar-refractivity contribution < 1.29 is 4.79 Å². The van der Waals surface area contributed by atoms with E-state index in [4.69, 9.17) is 0 Å². The summed E-state index contributed by atoms with van der Waals surface area (Å²) in [6, 6.07) is 9.99. The number of amides is 1. The highest BCUT2D eigenvalue weighted by atomic mass is 16.1. The van der Waals surface area contributed by atoms with Gasteiger partial charge in [-0.2, -0.15) is 0 Å². The molecule has 3 nitrogen and oxygen atoms in total. The van der Waals surface area contributed by atoms with Crippen LogP contribution >= 0.6 is 0 Å². The highest BCUT2D eigenvalue weighted by Gasteiger charge is 2.23. The lowest BCUT2D eigenvalue weighted by Gasteiger charge is -2.21. The summed E-state index contributed by atoms with van der Waals surface area (Å²) in [6.07, 6.45) is 0. The predicted molar refractivity (Wildman–Crippen MR) is 75.6 cm³/mol. The summed E-state index contributed by atoms with van der Waals surface area (Å²) in [5.74, 6) is 0.359. The third-order valence-corrected chi connectivity index (χ3v) is 2.97. The van der Waals surface area contributed by atoms with Crippen molar-refractivity contribution in [2.75, 3.05) is 27.2 Å². The van der Waals surface area contributed by atoms with E-state index in [1.165, 1.54) is 0 Å². The number of nitrogens with one attached hydrogen (secondary N) is 1. The average Bonchev–Trinajstić information content (AvgIpc) is 2.29. The zero-order chi connectivity index (χ0) is 13.5. The van der Waals surface area contributed by atoms with Gasteiger partial charge in [0.2, 0.25) is 5.91 Å². The molecule has 0 bridgehead atoms. The van der Waals surface area contributed by atoms with E-state index in [0.29, 0.717) is 12.5 Å². The Morgan fingerprint density at radius 2 is 1.83 bits per heavy atom. The van der Waals surface area contributed by atoms with Crippen molar-refractivity contribution in [1.29, 1.82) is 0 Å². The number of nitrogens with zero attached hydrogens (tertiary/aromatic N) is 1. The number of rotatable bonds is 6. The Bertz CT molecular complexity index is 360. The quantitative estimate of drug-likeness (QED) is 0.836. The van der Waals surface area contributed by atoms with E-state index in [-0.39, 0.29) is 11.8 Å². The summed E-state index contributed by atoms with van der Waals surface area (Å²) in [5, 5.41) is 3.01. The molecule has 0 saturated heterocycles. The summed E-state index contributed by atoms with van der Waals surface area (Å²) in [5.41, 5.74) is 1.09. The molecule has 0 unspecified atom stereocenters. The van der Waals surface area contributed by atoms with Gasteiger partial charge < -0.3 is 10.2 Å². The van der Waals surface area contributed by atoms with Crippen molar-refractivity contribution in [3.8, 4) is 0 Å². The summed E-state index contributed by atoms with van der Waals surface area (Å²) in [7, 11) is 4.01. The van der Waals surface area contributed by atoms with Gasteiger partial charge in [0.1, 0.15) is 0 Å². The van der Waals surface area contributed by atoms with Gasteiger partial charge in [-0.3, -0.25) is 4.79 Å². The fourth-order valence-corrected chi connectivity index (χ4v) is 2.01. The Hall–Kier alpha value is -1.35. The second-order valence-corrected chi connectivity index (χ2v) is 5.23. The van der Waals surface area contributed by atoms with E-state index in [1.54, 1.807) is 0 Å². The molecule has 1 aromatic rings. The van der Waals surface area contributed by atoms with E-state index < -0.39 is 0 Å². The standard InChI is InChI=1S/C15H24N2O/c1-12(2)14(13-8-6-5-7-9-13)15(18)16-10-11-17(3)4/h5-9,12,14H,10-11H2,1-4H3,(H,16,18)/t14-/m0/s1. The topological polar surface area (TPSA) is 32.3 Å². The first-order valence-corrected chi connectivity index (χ1v) is 6.49. The molecule has 100 valence electrons. The lowest BCUT2D eigenvalue weighted by molar-refractivity contribution is -0.123. The molecule has 0 saturated carbocycles. The number of benzene rings is 1. The Balaban J connectivity index is 2.65. The third kappa shape index (κ3) is 4.49. The van der Waals surface area contributed by atoms with Gasteiger partial charge in [0.25, 0.3) is 0 Å². The maximum Gasteiger partial charge on any atom is 0.227 e. The molecule has 0 radical (unpaired) electrons. The highest BCUT2D eigenvalue weighted by Crippen LogP contribution is 2.24. The van der Waals surface area contributed by atoms with Gasteiger partial charge in [-0.25, -0.2) is 0 Å². The summed E-state index contributed by atoms with van der Waals surface area (Å²) in [4.78, 5) is 14.3. The SMILES string of the molecule is CC(C)[C@H](C(=O)NCCN(C)C)c1ccccc1. The predicted octanol–water partition coefficient (Wildman–Crippen LogP) is 2.10. The number of hydrogen-bond donors (Lipinski definition) is 1. The molecule has 0 heterocycles. The Morgan fingerprint density at radius 1 is 1.22 bits per heavy atom. The summed E-state index contributed by atoms with van der Waals surface area (Å²) in [6.45, 7) is 5.74. The molecule has 0 aliphatic rings. The van der Waals surface area contributed by atoms with Gasteiger partial charge in [-0.05, 0) is 25.6 Å². The fraction of sp³-hybridized carbons (Fsp3) is 0.533. The lowest BCUT2D eigenvalue weighted by atomic mass is 9.88. The van der Waals surface area contributed by atoms with E-state index in [1.807, 2.05) is 44.4 Å². The van der Waals surface area contributed by atoms with Gasteiger partial charge >= 0.3 is 0 Å². The first kappa shape index (κ1) is 14.7. The molecule has 1 aromatic carbocycles. The molecule has 0 aliphatic carbocycles. The van der Waals surface area contributed by atoms with Crippen LogP contribution in [0.25, 0.3) is 0 Å². The Morgan fingerprint density at radius 3 is 2.33 bits per heavy atom. The maximum atomic E-state index is 12.2. The van der Waals surface area contributed by atoms with Crippen molar-refractivity contribution in [2.45, 2.75) is 19.8 Å². The molecule has 0 aliphatic heterocycles. The van der Waals surface area contributed by atoms with Crippen LogP contribution in [0.1, 0.15) is 25.3 Å². The van der Waals surface area contributed by atoms with E-state index in [2.05, 4.69) is 24.1 Å². The van der Waals surface area contributed by atoms with Crippen LogP contribution < -0.4 is 5.32 Å². The van der Waals surface area contributed by atoms with E-state index in [9.17, 15) is 4.79 Å². The molecule has 0 fully saturated rings. The van der Waals surface area contributed by atoms with Crippen molar-refractivity contribution in [2.24, 2.45) is 5.92 Å². The molecule has 1 amide bonds. The van der Waals surface area contributed by atoms with Gasteiger partial charge in [0.15, 0.2) is 0 Å². The van der Waals surface area contributed by atoms with Crippen molar-refractivity contribution >= 4 is 5.91 Å². The molecule has 0 aromatic heterocycles. The van der Waals surface area contributed by atoms with Gasteiger partial charge in [-0.1, -0.05) is 44.2 Å². The Labute approximate surface area is 110 Å². The molecular formula is C15H24N2O. The lowest BCUT2D eigenvalue weighted by Crippen LogP contribution is -2.36. The molecule has 1 rings (SSSR count). The number of likely N-dealkylation sites (N-methyl/N-ethyl adjacent to an activating group) is 1. The first-order valence-electron chi connectivity index (χ1n) is 6.49. The fourth-order valence-electron chi connectivity index (χ4n) is 2.01. The molecular weight excluding hydrogens is 224 g/mol. The molecule has 1 N–H and O–H groups in total. The van der Waals surface area contributed by atoms with Crippen LogP contribution in [0.15, 0.2) is 30.3 Å². The molecule has 18 heavy (non-hydrogen) atoms. The summed E-state index contributed by atoms with van der Waals surface area (Å²) < 4.78 is 0. The van der Waals surface area contributed by atoms with Crippen molar-refractivity contribution in [3.05, 3.63) is 35.9 Å². The van der Waals surface area contributed by atoms with E-state index in [0.717, 1.165) is 12.1 Å². The Kier molecular flexibility index (Phi) is 5.86. The van der Waals surface area contributed by atoms with Crippen LogP contribution in [0.2, 0.25) is 0 Å². The zero-order valence-corrected chi connectivity index (χ0v) is 11.8. The maximum absolute atomic E-state index is 12.2.